The van der Waals surface area contributed by atoms with E-state index < -0.39 is 5.97 Å². The lowest BCUT2D eigenvalue weighted by molar-refractivity contribution is -0.129. The van der Waals surface area contributed by atoms with Crippen molar-refractivity contribution >= 4 is 5.97 Å². The van der Waals surface area contributed by atoms with Gasteiger partial charge in [0.25, 0.3) is 0 Å². The molecule has 0 aliphatic carbocycles. The molecule has 0 aliphatic heterocycles. The van der Waals surface area contributed by atoms with Crippen LogP contribution in [0.4, 0.5) is 0 Å². The monoisotopic (exact) mass is 162 g/mol. The fourth-order valence-electron chi connectivity index (χ4n) is 0.821. The largest absolute Gasteiger partial charge is 0.423 e. The van der Waals surface area contributed by atoms with Gasteiger partial charge in [-0.3, -0.25) is 0 Å². The number of aryl methyl sites for hydroxylation is 1. The third-order valence-electron chi connectivity index (χ3n) is 1.47. The van der Waals surface area contributed by atoms with E-state index >= 15 is 0 Å². The number of rotatable bonds is 2. The minimum atomic E-state index is -0.427. The van der Waals surface area contributed by atoms with Crippen molar-refractivity contribution in [3.63, 3.8) is 0 Å². The van der Waals surface area contributed by atoms with Gasteiger partial charge in [0.05, 0.1) is 0 Å². The molecule has 0 heterocycles. The maximum Gasteiger partial charge on any atom is 0.335 e. The van der Waals surface area contributed by atoms with Crippen LogP contribution >= 0.6 is 0 Å². The Bertz CT molecular complexity index is 302. The molecular formula is C10H10O2. The van der Waals surface area contributed by atoms with Gasteiger partial charge in [0.1, 0.15) is 5.75 Å². The highest BCUT2D eigenvalue weighted by Gasteiger charge is 2.00. The van der Waals surface area contributed by atoms with E-state index in [4.69, 9.17) is 4.74 Å². The lowest BCUT2D eigenvalue weighted by atomic mass is 10.2. The van der Waals surface area contributed by atoms with E-state index in [1.807, 2.05) is 25.1 Å². The summed E-state index contributed by atoms with van der Waals surface area (Å²) in [4.78, 5) is 10.8. The molecule has 0 unspecified atom stereocenters. The highest BCUT2D eigenvalue weighted by molar-refractivity contribution is 5.83. The molecule has 0 aliphatic rings. The average molecular weight is 162 g/mol. The van der Waals surface area contributed by atoms with Gasteiger partial charge in [-0.25, -0.2) is 4.79 Å². The van der Waals surface area contributed by atoms with E-state index in [1.165, 1.54) is 0 Å². The van der Waals surface area contributed by atoms with E-state index in [-0.39, 0.29) is 0 Å². The number of para-hydroxylation sites is 1. The Morgan fingerprint density at radius 2 is 2.17 bits per heavy atom. The first-order valence-corrected chi connectivity index (χ1v) is 3.64. The molecule has 0 saturated heterocycles. The number of hydrogen-bond donors (Lipinski definition) is 0. The van der Waals surface area contributed by atoms with E-state index in [2.05, 4.69) is 6.58 Å². The number of benzene rings is 1. The summed E-state index contributed by atoms with van der Waals surface area (Å²) in [6.45, 7) is 5.19. The summed E-state index contributed by atoms with van der Waals surface area (Å²) in [6.07, 6.45) is 1.15. The van der Waals surface area contributed by atoms with Crippen molar-refractivity contribution in [3.8, 4) is 5.75 Å². The zero-order valence-corrected chi connectivity index (χ0v) is 6.91. The molecule has 0 fully saturated rings. The summed E-state index contributed by atoms with van der Waals surface area (Å²) >= 11 is 0. The first kappa shape index (κ1) is 8.53. The number of carbonyl (C=O) groups is 1. The van der Waals surface area contributed by atoms with Gasteiger partial charge in [0.2, 0.25) is 0 Å². The molecule has 0 spiro atoms. The molecule has 1 aromatic carbocycles. The van der Waals surface area contributed by atoms with Crippen molar-refractivity contribution in [2.45, 2.75) is 6.92 Å². The highest BCUT2D eigenvalue weighted by Crippen LogP contribution is 2.15. The highest BCUT2D eigenvalue weighted by atomic mass is 16.5. The number of ether oxygens (including phenoxy) is 1. The minimum Gasteiger partial charge on any atom is -0.423 e. The maximum atomic E-state index is 10.8. The Balaban J connectivity index is 2.82. The summed E-state index contributed by atoms with van der Waals surface area (Å²) in [5, 5.41) is 0. The normalized spacial score (nSPS) is 9.08. The molecule has 0 saturated carbocycles. The van der Waals surface area contributed by atoms with Crippen LogP contribution in [0.15, 0.2) is 36.9 Å². The van der Waals surface area contributed by atoms with Crippen LogP contribution < -0.4 is 4.74 Å². The molecular weight excluding hydrogens is 152 g/mol. The van der Waals surface area contributed by atoms with E-state index in [9.17, 15) is 4.79 Å². The third-order valence-corrected chi connectivity index (χ3v) is 1.47. The van der Waals surface area contributed by atoms with Crippen LogP contribution in [0.2, 0.25) is 0 Å². The summed E-state index contributed by atoms with van der Waals surface area (Å²) in [5.41, 5.74) is 0.938. The van der Waals surface area contributed by atoms with E-state index in [0.717, 1.165) is 11.6 Å². The van der Waals surface area contributed by atoms with Crippen molar-refractivity contribution in [3.05, 3.63) is 42.5 Å². The minimum absolute atomic E-state index is 0.427. The summed E-state index contributed by atoms with van der Waals surface area (Å²) in [7, 11) is 0. The Morgan fingerprint density at radius 3 is 2.75 bits per heavy atom. The summed E-state index contributed by atoms with van der Waals surface area (Å²) in [6, 6.07) is 7.34. The molecule has 0 aromatic heterocycles. The number of carbonyl (C=O) groups excluding carboxylic acids is 1. The second-order valence-corrected chi connectivity index (χ2v) is 2.39. The topological polar surface area (TPSA) is 26.3 Å². The lowest BCUT2D eigenvalue weighted by Crippen LogP contribution is -2.03. The number of hydrogen-bond acceptors (Lipinski definition) is 2. The zero-order valence-electron chi connectivity index (χ0n) is 6.91. The van der Waals surface area contributed by atoms with Crippen LogP contribution in [-0.2, 0) is 4.79 Å². The third kappa shape index (κ3) is 1.95. The average Bonchev–Trinajstić information content (AvgIpc) is 2.09. The van der Waals surface area contributed by atoms with Gasteiger partial charge in [-0.2, -0.15) is 0 Å². The van der Waals surface area contributed by atoms with E-state index in [0.29, 0.717) is 5.75 Å². The standard InChI is InChI=1S/C10H10O2/c1-3-10(11)12-9-7-5-4-6-8(9)2/h3-7H,1H2,2H3. The van der Waals surface area contributed by atoms with Crippen molar-refractivity contribution in [2.24, 2.45) is 0 Å². The van der Waals surface area contributed by atoms with Gasteiger partial charge in [0.15, 0.2) is 0 Å². The Labute approximate surface area is 71.5 Å². The maximum absolute atomic E-state index is 10.8. The predicted octanol–water partition coefficient (Wildman–Crippen LogP) is 2.09. The van der Waals surface area contributed by atoms with Gasteiger partial charge in [0, 0.05) is 6.08 Å². The van der Waals surface area contributed by atoms with Crippen LogP contribution in [0.5, 0.6) is 5.75 Å². The molecule has 0 radical (unpaired) electrons. The van der Waals surface area contributed by atoms with Gasteiger partial charge in [-0.1, -0.05) is 24.8 Å². The van der Waals surface area contributed by atoms with Gasteiger partial charge in [-0.15, -0.1) is 0 Å². The fraction of sp³-hybridized carbons (Fsp3) is 0.100. The molecule has 0 atom stereocenters. The second-order valence-electron chi connectivity index (χ2n) is 2.39. The van der Waals surface area contributed by atoms with Crippen LogP contribution in [0.3, 0.4) is 0 Å². The van der Waals surface area contributed by atoms with Crippen molar-refractivity contribution in [2.75, 3.05) is 0 Å². The Morgan fingerprint density at radius 1 is 1.50 bits per heavy atom. The summed E-state index contributed by atoms with van der Waals surface area (Å²) < 4.78 is 4.94. The van der Waals surface area contributed by atoms with Crippen LogP contribution in [-0.4, -0.2) is 5.97 Å². The van der Waals surface area contributed by atoms with E-state index in [1.54, 1.807) is 6.07 Å². The molecule has 0 N–H and O–H groups in total. The van der Waals surface area contributed by atoms with Gasteiger partial charge in [-0.05, 0) is 18.6 Å². The smallest absolute Gasteiger partial charge is 0.335 e. The fourth-order valence-corrected chi connectivity index (χ4v) is 0.821. The summed E-state index contributed by atoms with van der Waals surface area (Å²) in [5.74, 6) is 0.159. The molecule has 1 rings (SSSR count). The molecule has 2 heteroatoms. The molecule has 0 amide bonds. The molecule has 12 heavy (non-hydrogen) atoms. The second kappa shape index (κ2) is 3.72. The van der Waals surface area contributed by atoms with Crippen molar-refractivity contribution in [1.82, 2.24) is 0 Å². The molecule has 2 nitrogen and oxygen atoms in total. The van der Waals surface area contributed by atoms with Crippen LogP contribution in [0.25, 0.3) is 0 Å². The van der Waals surface area contributed by atoms with Gasteiger partial charge >= 0.3 is 5.97 Å². The lowest BCUT2D eigenvalue weighted by Gasteiger charge is -2.03. The van der Waals surface area contributed by atoms with Crippen molar-refractivity contribution in [1.29, 1.82) is 0 Å². The molecule has 0 bridgehead atoms. The first-order chi connectivity index (χ1) is 5.74. The first-order valence-electron chi connectivity index (χ1n) is 3.64. The van der Waals surface area contributed by atoms with Crippen LogP contribution in [0, 0.1) is 6.92 Å². The number of esters is 1. The molecule has 62 valence electrons. The quantitative estimate of drug-likeness (QED) is 0.378. The molecule has 1 aromatic rings. The van der Waals surface area contributed by atoms with Gasteiger partial charge < -0.3 is 4.74 Å². The Kier molecular flexibility index (Phi) is 2.64. The Hall–Kier alpha value is -1.57. The zero-order chi connectivity index (χ0) is 8.97. The van der Waals surface area contributed by atoms with Crippen LogP contribution in [0.1, 0.15) is 5.56 Å². The SMILES string of the molecule is C=CC(=O)Oc1ccccc1C. The predicted molar refractivity (Wildman–Crippen MR) is 47.0 cm³/mol. The van der Waals surface area contributed by atoms with Crippen molar-refractivity contribution < 1.29 is 9.53 Å².